The number of rotatable bonds is 4. The fourth-order valence-electron chi connectivity index (χ4n) is 3.11. The molecule has 0 aromatic heterocycles. The van der Waals surface area contributed by atoms with E-state index in [9.17, 15) is 8.78 Å². The summed E-state index contributed by atoms with van der Waals surface area (Å²) in [6.07, 6.45) is 3.77. The topological polar surface area (TPSA) is 47.3 Å². The molecule has 1 fully saturated rings. The molecule has 20 heavy (non-hydrogen) atoms. The van der Waals surface area contributed by atoms with Gasteiger partial charge in [-0.25, -0.2) is 8.78 Å². The van der Waals surface area contributed by atoms with Gasteiger partial charge in [-0.2, -0.15) is 0 Å². The van der Waals surface area contributed by atoms with Crippen LogP contribution in [0, 0.1) is 17.6 Å². The van der Waals surface area contributed by atoms with Gasteiger partial charge < -0.3 is 4.74 Å². The number of halogens is 2. The predicted molar refractivity (Wildman–Crippen MR) is 73.8 cm³/mol. The summed E-state index contributed by atoms with van der Waals surface area (Å²) in [5, 5.41) is 0. The lowest BCUT2D eigenvalue weighted by molar-refractivity contribution is -0.0762. The quantitative estimate of drug-likeness (QED) is 0.660. The van der Waals surface area contributed by atoms with Gasteiger partial charge in [0.25, 0.3) is 0 Å². The summed E-state index contributed by atoms with van der Waals surface area (Å²) >= 11 is 0. The Balaban J connectivity index is 2.31. The van der Waals surface area contributed by atoms with E-state index in [0.717, 1.165) is 31.7 Å². The van der Waals surface area contributed by atoms with Crippen molar-refractivity contribution in [1.29, 1.82) is 0 Å². The third-order valence-electron chi connectivity index (χ3n) is 4.50. The summed E-state index contributed by atoms with van der Waals surface area (Å²) in [6, 6.07) is 3.53. The van der Waals surface area contributed by atoms with Crippen molar-refractivity contribution in [3.05, 3.63) is 35.4 Å². The van der Waals surface area contributed by atoms with E-state index < -0.39 is 17.2 Å². The van der Waals surface area contributed by atoms with Crippen LogP contribution < -0.4 is 11.3 Å². The molecule has 1 atom stereocenters. The number of nitrogens with one attached hydrogen (secondary N) is 1. The predicted octanol–water partition coefficient (Wildman–Crippen LogP) is 3.06. The molecule has 1 aromatic carbocycles. The summed E-state index contributed by atoms with van der Waals surface area (Å²) in [4.78, 5) is 0. The summed E-state index contributed by atoms with van der Waals surface area (Å²) in [6.45, 7) is 2.21. The normalized spacial score (nSPS) is 28.4. The van der Waals surface area contributed by atoms with Gasteiger partial charge in [-0.15, -0.1) is 0 Å². The van der Waals surface area contributed by atoms with Gasteiger partial charge in [0.05, 0.1) is 11.6 Å². The van der Waals surface area contributed by atoms with Crippen molar-refractivity contribution < 1.29 is 13.5 Å². The summed E-state index contributed by atoms with van der Waals surface area (Å²) in [5.41, 5.74) is 2.87. The van der Waals surface area contributed by atoms with Crippen molar-refractivity contribution in [3.63, 3.8) is 0 Å². The van der Waals surface area contributed by atoms with Gasteiger partial charge in [0, 0.05) is 7.11 Å². The summed E-state index contributed by atoms with van der Waals surface area (Å²) in [5.74, 6) is 4.61. The molecule has 1 unspecified atom stereocenters. The van der Waals surface area contributed by atoms with E-state index in [-0.39, 0.29) is 6.04 Å². The van der Waals surface area contributed by atoms with Crippen LogP contribution in [0.4, 0.5) is 8.78 Å². The Labute approximate surface area is 118 Å². The number of benzene rings is 1. The van der Waals surface area contributed by atoms with Crippen LogP contribution in [0.2, 0.25) is 0 Å². The average Bonchev–Trinajstić information content (AvgIpc) is 2.46. The third kappa shape index (κ3) is 2.85. The van der Waals surface area contributed by atoms with Crippen LogP contribution in [0.3, 0.4) is 0 Å². The van der Waals surface area contributed by atoms with Gasteiger partial charge >= 0.3 is 0 Å². The maximum Gasteiger partial charge on any atom is 0.159 e. The first-order chi connectivity index (χ1) is 9.52. The number of hydrazine groups is 1. The molecule has 112 valence electrons. The van der Waals surface area contributed by atoms with Crippen LogP contribution in [0.1, 0.15) is 44.2 Å². The van der Waals surface area contributed by atoms with E-state index >= 15 is 0 Å². The third-order valence-corrected chi connectivity index (χ3v) is 4.50. The number of hydrogen-bond acceptors (Lipinski definition) is 3. The van der Waals surface area contributed by atoms with Gasteiger partial charge in [-0.3, -0.25) is 11.3 Å². The zero-order chi connectivity index (χ0) is 14.8. The van der Waals surface area contributed by atoms with Crippen molar-refractivity contribution in [3.8, 4) is 0 Å². The van der Waals surface area contributed by atoms with Gasteiger partial charge in [-0.05, 0) is 49.3 Å². The van der Waals surface area contributed by atoms with E-state index in [4.69, 9.17) is 10.6 Å². The molecule has 0 radical (unpaired) electrons. The van der Waals surface area contributed by atoms with Gasteiger partial charge in [0.15, 0.2) is 11.6 Å². The van der Waals surface area contributed by atoms with E-state index in [1.807, 2.05) is 0 Å². The molecule has 1 aromatic rings. The summed E-state index contributed by atoms with van der Waals surface area (Å²) in [7, 11) is 1.65. The Morgan fingerprint density at radius 3 is 2.45 bits per heavy atom. The molecule has 0 bridgehead atoms. The van der Waals surface area contributed by atoms with Gasteiger partial charge in [-0.1, -0.05) is 13.0 Å². The smallest absolute Gasteiger partial charge is 0.159 e. The fraction of sp³-hybridized carbons (Fsp3) is 0.600. The Hall–Kier alpha value is -1.04. The number of nitrogens with two attached hydrogens (primary N) is 1. The Morgan fingerprint density at radius 1 is 1.30 bits per heavy atom. The van der Waals surface area contributed by atoms with Crippen LogP contribution in [0.25, 0.3) is 0 Å². The van der Waals surface area contributed by atoms with Gasteiger partial charge in [0.2, 0.25) is 0 Å². The molecule has 3 N–H and O–H groups in total. The molecule has 5 heteroatoms. The molecule has 0 amide bonds. The van der Waals surface area contributed by atoms with E-state index in [2.05, 4.69) is 12.3 Å². The maximum atomic E-state index is 13.4. The van der Waals surface area contributed by atoms with E-state index in [0.29, 0.717) is 11.5 Å². The average molecular weight is 284 g/mol. The number of methoxy groups -OCH3 is 1. The molecule has 0 spiro atoms. The van der Waals surface area contributed by atoms with E-state index in [1.165, 1.54) is 6.07 Å². The monoisotopic (exact) mass is 284 g/mol. The summed E-state index contributed by atoms with van der Waals surface area (Å²) < 4.78 is 32.3. The largest absolute Gasteiger partial charge is 0.376 e. The lowest BCUT2D eigenvalue weighted by Gasteiger charge is -2.44. The second-order valence-electron chi connectivity index (χ2n) is 5.72. The minimum Gasteiger partial charge on any atom is -0.376 e. The van der Waals surface area contributed by atoms with Crippen molar-refractivity contribution in [2.45, 2.75) is 44.2 Å². The van der Waals surface area contributed by atoms with Crippen molar-refractivity contribution in [1.82, 2.24) is 5.43 Å². The molecule has 0 saturated heterocycles. The highest BCUT2D eigenvalue weighted by molar-refractivity contribution is 5.24. The number of ether oxygens (including phenoxy) is 1. The maximum absolute atomic E-state index is 13.4. The molecular formula is C15H22F2N2O. The van der Waals surface area contributed by atoms with Crippen LogP contribution in [-0.4, -0.2) is 12.7 Å². The molecular weight excluding hydrogens is 262 g/mol. The Kier molecular flexibility index (Phi) is 4.73. The highest BCUT2D eigenvalue weighted by atomic mass is 19.2. The Bertz CT molecular complexity index is 459. The molecule has 1 aliphatic carbocycles. The SMILES string of the molecule is COC1(C(NN)c2ccc(F)c(F)c2)CCC(C)CC1. The highest BCUT2D eigenvalue weighted by Crippen LogP contribution is 2.42. The molecule has 2 rings (SSSR count). The standard InChI is InChI=1S/C15H22F2N2O/c1-10-5-7-15(20-2,8-6-10)14(19-18)11-3-4-12(16)13(17)9-11/h3-4,9-10,14,19H,5-8,18H2,1-2H3. The lowest BCUT2D eigenvalue weighted by atomic mass is 9.73. The molecule has 0 heterocycles. The van der Waals surface area contributed by atoms with Gasteiger partial charge in [0.1, 0.15) is 0 Å². The van der Waals surface area contributed by atoms with Crippen LogP contribution in [-0.2, 0) is 4.74 Å². The minimum absolute atomic E-state index is 0.352. The lowest BCUT2D eigenvalue weighted by Crippen LogP contribution is -2.50. The molecule has 0 aliphatic heterocycles. The highest BCUT2D eigenvalue weighted by Gasteiger charge is 2.42. The van der Waals surface area contributed by atoms with E-state index in [1.54, 1.807) is 13.2 Å². The Morgan fingerprint density at radius 2 is 1.95 bits per heavy atom. The van der Waals surface area contributed by atoms with Crippen LogP contribution in [0.15, 0.2) is 18.2 Å². The zero-order valence-electron chi connectivity index (χ0n) is 12.0. The second kappa shape index (κ2) is 6.16. The zero-order valence-corrected chi connectivity index (χ0v) is 12.0. The minimum atomic E-state index is -0.863. The van der Waals surface area contributed by atoms with Crippen LogP contribution in [0.5, 0.6) is 0 Å². The molecule has 1 saturated carbocycles. The fourth-order valence-corrected chi connectivity index (χ4v) is 3.11. The van der Waals surface area contributed by atoms with Crippen molar-refractivity contribution >= 4 is 0 Å². The van der Waals surface area contributed by atoms with Crippen molar-refractivity contribution in [2.75, 3.05) is 7.11 Å². The first-order valence-electron chi connectivity index (χ1n) is 6.98. The first kappa shape index (κ1) is 15.4. The van der Waals surface area contributed by atoms with Crippen molar-refractivity contribution in [2.24, 2.45) is 11.8 Å². The molecule has 3 nitrogen and oxygen atoms in total. The first-order valence-corrected chi connectivity index (χ1v) is 6.98. The second-order valence-corrected chi connectivity index (χ2v) is 5.72. The molecule has 1 aliphatic rings. The van der Waals surface area contributed by atoms with Crippen LogP contribution >= 0.6 is 0 Å². The number of hydrogen-bond donors (Lipinski definition) is 2.